The van der Waals surface area contributed by atoms with E-state index in [1.807, 2.05) is 55.5 Å². The van der Waals surface area contributed by atoms with Gasteiger partial charge in [0.05, 0.1) is 0 Å². The zero-order valence-corrected chi connectivity index (χ0v) is 22.1. The highest BCUT2D eigenvalue weighted by Gasteiger charge is 2.11. The molecular weight excluding hydrogens is 504 g/mol. The van der Waals surface area contributed by atoms with Crippen LogP contribution in [0.3, 0.4) is 0 Å². The van der Waals surface area contributed by atoms with Gasteiger partial charge in [0.25, 0.3) is 17.7 Å². The summed E-state index contributed by atoms with van der Waals surface area (Å²) in [7, 11) is 0. The predicted octanol–water partition coefficient (Wildman–Crippen LogP) is 3.88. The highest BCUT2D eigenvalue weighted by atomic mass is 16.2. The van der Waals surface area contributed by atoms with Crippen LogP contribution in [0.1, 0.15) is 63.7 Å². The van der Waals surface area contributed by atoms with Gasteiger partial charge in [0.15, 0.2) is 0 Å². The van der Waals surface area contributed by atoms with Crippen molar-refractivity contribution in [3.05, 3.63) is 142 Å². The summed E-state index contributed by atoms with van der Waals surface area (Å²) in [6, 6.07) is 28.2. The molecule has 40 heavy (non-hydrogen) atoms. The Hall–Kier alpha value is -5.24. The molecule has 0 aromatic heterocycles. The largest absolute Gasteiger partial charge is 0.366 e. The van der Waals surface area contributed by atoms with Crippen molar-refractivity contribution in [2.75, 3.05) is 0 Å². The first-order valence-electron chi connectivity index (χ1n) is 12.8. The van der Waals surface area contributed by atoms with E-state index in [0.29, 0.717) is 36.3 Å². The second-order valence-electron chi connectivity index (χ2n) is 9.38. The zero-order chi connectivity index (χ0) is 28.5. The number of primary amides is 1. The fourth-order valence-corrected chi connectivity index (χ4v) is 3.95. The molecule has 4 aromatic rings. The molecule has 0 radical (unpaired) electrons. The van der Waals surface area contributed by atoms with E-state index in [4.69, 9.17) is 5.73 Å². The molecule has 0 spiro atoms. The molecule has 0 aliphatic carbocycles. The number of aryl methyl sites for hydroxylation is 1. The van der Waals surface area contributed by atoms with Crippen molar-refractivity contribution < 1.29 is 19.2 Å². The number of amides is 4. The fourth-order valence-electron chi connectivity index (χ4n) is 3.95. The van der Waals surface area contributed by atoms with Gasteiger partial charge in [-0.2, -0.15) is 0 Å². The molecule has 4 aromatic carbocycles. The topological polar surface area (TPSA) is 130 Å². The molecule has 0 saturated carbocycles. The molecule has 0 fully saturated rings. The van der Waals surface area contributed by atoms with Crippen LogP contribution in [0.25, 0.3) is 0 Å². The minimum atomic E-state index is -0.593. The smallest absolute Gasteiger partial charge is 0.251 e. The van der Waals surface area contributed by atoms with Crippen LogP contribution in [0.4, 0.5) is 0 Å². The maximum Gasteiger partial charge on any atom is 0.251 e. The molecular formula is C32H30N4O4. The van der Waals surface area contributed by atoms with Gasteiger partial charge in [0, 0.05) is 41.9 Å². The van der Waals surface area contributed by atoms with Crippen molar-refractivity contribution in [1.29, 1.82) is 0 Å². The van der Waals surface area contributed by atoms with Gasteiger partial charge >= 0.3 is 0 Å². The minimum absolute atomic E-state index is 0.251. The lowest BCUT2D eigenvalue weighted by atomic mass is 10.1. The summed E-state index contributed by atoms with van der Waals surface area (Å²) >= 11 is 0. The van der Waals surface area contributed by atoms with Crippen LogP contribution in [0.5, 0.6) is 0 Å². The van der Waals surface area contributed by atoms with Gasteiger partial charge in [0.1, 0.15) is 0 Å². The van der Waals surface area contributed by atoms with Gasteiger partial charge in [-0.1, -0.05) is 66.2 Å². The molecule has 8 heteroatoms. The molecule has 0 saturated heterocycles. The number of rotatable bonds is 10. The SMILES string of the molecule is Cc1ccc(CNC(=O)c2cccc(C(=O)NCc3ccc(CNC(=O)c4cccc(C(N)=O)c4)cc3)c2)cc1. The van der Waals surface area contributed by atoms with Gasteiger partial charge in [0.2, 0.25) is 5.91 Å². The number of benzene rings is 4. The third-order valence-electron chi connectivity index (χ3n) is 6.30. The number of hydrogen-bond acceptors (Lipinski definition) is 4. The van der Waals surface area contributed by atoms with Crippen LogP contribution < -0.4 is 21.7 Å². The summed E-state index contributed by atoms with van der Waals surface area (Å²) in [4.78, 5) is 49.1. The molecule has 0 bridgehead atoms. The molecule has 0 aliphatic heterocycles. The number of nitrogens with one attached hydrogen (secondary N) is 3. The molecule has 0 unspecified atom stereocenters. The van der Waals surface area contributed by atoms with Gasteiger partial charge in [-0.3, -0.25) is 19.2 Å². The third-order valence-corrected chi connectivity index (χ3v) is 6.30. The summed E-state index contributed by atoms with van der Waals surface area (Å²) in [6.45, 7) is 3.01. The second kappa shape index (κ2) is 13.0. The Morgan fingerprint density at radius 3 is 1.23 bits per heavy atom. The Kier molecular flexibility index (Phi) is 9.04. The van der Waals surface area contributed by atoms with E-state index in [2.05, 4.69) is 16.0 Å². The van der Waals surface area contributed by atoms with E-state index in [1.165, 1.54) is 6.07 Å². The summed E-state index contributed by atoms with van der Waals surface area (Å²) < 4.78 is 0. The van der Waals surface area contributed by atoms with E-state index in [9.17, 15) is 19.2 Å². The lowest BCUT2D eigenvalue weighted by Gasteiger charge is -2.10. The van der Waals surface area contributed by atoms with E-state index < -0.39 is 5.91 Å². The Bertz CT molecular complexity index is 1530. The number of hydrogen-bond donors (Lipinski definition) is 4. The number of carbonyl (C=O) groups is 4. The van der Waals surface area contributed by atoms with E-state index >= 15 is 0 Å². The van der Waals surface area contributed by atoms with Crippen LogP contribution in [0, 0.1) is 6.92 Å². The standard InChI is InChI=1S/C32H30N4O4/c1-21-8-10-22(11-9-21)18-34-31(39)27-6-3-7-28(17-27)32(40)36-20-24-14-12-23(13-15-24)19-35-30(38)26-5-2-4-25(16-26)29(33)37/h2-17H,18-20H2,1H3,(H2,33,37)(H,34,39)(H,35,38)(H,36,40). The predicted molar refractivity (Wildman–Crippen MR) is 153 cm³/mol. The van der Waals surface area contributed by atoms with Crippen molar-refractivity contribution in [2.45, 2.75) is 26.6 Å². The first-order chi connectivity index (χ1) is 19.3. The lowest BCUT2D eigenvalue weighted by molar-refractivity contribution is 0.0938. The highest BCUT2D eigenvalue weighted by Crippen LogP contribution is 2.10. The van der Waals surface area contributed by atoms with E-state index in [-0.39, 0.29) is 23.3 Å². The average molecular weight is 535 g/mol. The van der Waals surface area contributed by atoms with Gasteiger partial charge in [-0.05, 0) is 60.0 Å². The molecule has 0 heterocycles. The summed E-state index contributed by atoms with van der Waals surface area (Å²) in [5.74, 6) is -1.45. The summed E-state index contributed by atoms with van der Waals surface area (Å²) in [6.07, 6.45) is 0. The molecule has 8 nitrogen and oxygen atoms in total. The van der Waals surface area contributed by atoms with Gasteiger partial charge in [-0.25, -0.2) is 0 Å². The van der Waals surface area contributed by atoms with Crippen LogP contribution in [-0.2, 0) is 19.6 Å². The zero-order valence-electron chi connectivity index (χ0n) is 22.1. The molecule has 4 amide bonds. The number of nitrogens with two attached hydrogens (primary N) is 1. The van der Waals surface area contributed by atoms with Crippen molar-refractivity contribution in [1.82, 2.24) is 16.0 Å². The Morgan fingerprint density at radius 2 is 0.850 bits per heavy atom. The molecule has 4 rings (SSSR count). The van der Waals surface area contributed by atoms with Crippen LogP contribution in [0.15, 0.2) is 97.1 Å². The lowest BCUT2D eigenvalue weighted by Crippen LogP contribution is -2.25. The van der Waals surface area contributed by atoms with Crippen LogP contribution in [-0.4, -0.2) is 23.6 Å². The van der Waals surface area contributed by atoms with Gasteiger partial charge < -0.3 is 21.7 Å². The van der Waals surface area contributed by atoms with Crippen molar-refractivity contribution in [3.8, 4) is 0 Å². The molecule has 0 atom stereocenters. The Morgan fingerprint density at radius 1 is 0.525 bits per heavy atom. The third kappa shape index (κ3) is 7.64. The number of carbonyl (C=O) groups excluding carboxylic acids is 4. The quantitative estimate of drug-likeness (QED) is 0.246. The normalized spacial score (nSPS) is 10.4. The Balaban J connectivity index is 1.26. The minimum Gasteiger partial charge on any atom is -0.366 e. The Labute approximate surface area is 232 Å². The van der Waals surface area contributed by atoms with Crippen LogP contribution >= 0.6 is 0 Å². The van der Waals surface area contributed by atoms with Crippen molar-refractivity contribution in [3.63, 3.8) is 0 Å². The first-order valence-corrected chi connectivity index (χ1v) is 12.8. The van der Waals surface area contributed by atoms with Crippen molar-refractivity contribution in [2.24, 2.45) is 5.73 Å². The van der Waals surface area contributed by atoms with E-state index in [0.717, 1.165) is 22.3 Å². The maximum atomic E-state index is 12.7. The first kappa shape index (κ1) is 27.8. The van der Waals surface area contributed by atoms with E-state index in [1.54, 1.807) is 42.5 Å². The highest BCUT2D eigenvalue weighted by molar-refractivity contribution is 6.00. The second-order valence-corrected chi connectivity index (χ2v) is 9.38. The average Bonchev–Trinajstić information content (AvgIpc) is 2.98. The van der Waals surface area contributed by atoms with Crippen molar-refractivity contribution >= 4 is 23.6 Å². The molecule has 202 valence electrons. The summed E-state index contributed by atoms with van der Waals surface area (Å²) in [5, 5.41) is 8.57. The summed E-state index contributed by atoms with van der Waals surface area (Å²) in [5.41, 5.74) is 10.6. The monoisotopic (exact) mass is 534 g/mol. The van der Waals surface area contributed by atoms with Crippen LogP contribution in [0.2, 0.25) is 0 Å². The maximum absolute atomic E-state index is 12.7. The molecule has 0 aliphatic rings. The fraction of sp³-hybridized carbons (Fsp3) is 0.125. The molecule has 5 N–H and O–H groups in total. The van der Waals surface area contributed by atoms with Gasteiger partial charge in [-0.15, -0.1) is 0 Å².